The highest BCUT2D eigenvalue weighted by atomic mass is 32.1. The maximum Gasteiger partial charge on any atom is -0.0351 e. The Morgan fingerprint density at radius 2 is 0.500 bits per heavy atom. The van der Waals surface area contributed by atoms with Crippen molar-refractivity contribution in [2.45, 2.75) is 173 Å². The van der Waals surface area contributed by atoms with Crippen LogP contribution in [0.2, 0.25) is 0 Å². The monoisotopic (exact) mass is 422 g/mol. The third-order valence-electron chi connectivity index (χ3n) is 3.16. The molecule has 0 spiro atoms. The van der Waals surface area contributed by atoms with Crippen molar-refractivity contribution in [1.29, 1.82) is 0 Å². The van der Waals surface area contributed by atoms with Crippen LogP contribution >= 0.6 is 12.2 Å². The van der Waals surface area contributed by atoms with Gasteiger partial charge < -0.3 is 0 Å². The molecule has 1 heteroatoms. The molecule has 0 aromatic rings. The van der Waals surface area contributed by atoms with Crippen molar-refractivity contribution in [3.05, 3.63) is 0 Å². The van der Waals surface area contributed by atoms with Gasteiger partial charge in [0.2, 0.25) is 0 Å². The van der Waals surface area contributed by atoms with Crippen molar-refractivity contribution < 1.29 is 0 Å². The number of hydrogen-bond acceptors (Lipinski definition) is 1. The fourth-order valence-corrected chi connectivity index (χ4v) is 1.53. The van der Waals surface area contributed by atoms with Crippen LogP contribution in [-0.2, 0) is 0 Å². The van der Waals surface area contributed by atoms with E-state index in [1.54, 1.807) is 0 Å². The van der Waals surface area contributed by atoms with Crippen molar-refractivity contribution in [1.82, 2.24) is 0 Å². The molecular formula is C27H66S. The molecule has 28 heavy (non-hydrogen) atoms. The predicted octanol–water partition coefficient (Wildman–Crippen LogP) is 12.2. The van der Waals surface area contributed by atoms with E-state index < -0.39 is 0 Å². The highest BCUT2D eigenvalue weighted by molar-refractivity contribution is 7.77. The van der Waals surface area contributed by atoms with Gasteiger partial charge in [-0.15, -0.1) is 0 Å². The molecule has 0 aliphatic carbocycles. The quantitative estimate of drug-likeness (QED) is 0.249. The van der Waals surface area contributed by atoms with E-state index in [1.807, 2.05) is 27.7 Å². The van der Waals surface area contributed by atoms with Crippen molar-refractivity contribution in [3.63, 3.8) is 0 Å². The summed E-state index contributed by atoms with van der Waals surface area (Å²) < 4.78 is 0. The topological polar surface area (TPSA) is 0 Å². The summed E-state index contributed by atoms with van der Waals surface area (Å²) in [4.78, 5) is 0. The SMILES string of the molecule is C=S.CC.CC.CCC.CCCC.CCCCCCC.CCCCCCCC. The molecule has 0 rings (SSSR count). The fourth-order valence-electron chi connectivity index (χ4n) is 1.53. The minimum atomic E-state index is 1.25. The average molecular weight is 423 g/mol. The largest absolute Gasteiger partial charge is 0.0973 e. The molecule has 0 bridgehead atoms. The summed E-state index contributed by atoms with van der Waals surface area (Å²) in [6, 6.07) is 0. The average Bonchev–Trinajstić information content (AvgIpc) is 2.77. The van der Waals surface area contributed by atoms with Crippen LogP contribution in [0.1, 0.15) is 173 Å². The molecule has 0 radical (unpaired) electrons. The van der Waals surface area contributed by atoms with Crippen molar-refractivity contribution >= 4 is 18.1 Å². The Bertz CT molecular complexity index is 111. The molecule has 0 aliphatic heterocycles. The van der Waals surface area contributed by atoms with E-state index in [1.165, 1.54) is 89.9 Å². The fraction of sp³-hybridized carbons (Fsp3) is 0.963. The molecule has 0 amide bonds. The number of unbranched alkanes of at least 4 members (excludes halogenated alkanes) is 10. The smallest absolute Gasteiger partial charge is 0.0351 e. The van der Waals surface area contributed by atoms with Gasteiger partial charge in [0, 0.05) is 0 Å². The molecular weight excluding hydrogens is 356 g/mol. The molecule has 0 aromatic heterocycles. The van der Waals surface area contributed by atoms with E-state index in [0.717, 1.165) is 0 Å². The molecule has 0 aromatic carbocycles. The van der Waals surface area contributed by atoms with Gasteiger partial charge in [0.1, 0.15) is 0 Å². The molecule has 180 valence electrons. The van der Waals surface area contributed by atoms with Crippen LogP contribution in [-0.4, -0.2) is 5.87 Å². The van der Waals surface area contributed by atoms with E-state index in [2.05, 4.69) is 73.5 Å². The molecule has 0 saturated carbocycles. The molecule has 0 saturated heterocycles. The number of thiocarbonyl (C=S) groups is 1. The zero-order valence-corrected chi connectivity index (χ0v) is 23.8. The minimum Gasteiger partial charge on any atom is -0.0973 e. The molecule has 0 heterocycles. The number of rotatable bonds is 10. The van der Waals surface area contributed by atoms with E-state index in [0.29, 0.717) is 0 Å². The molecule has 0 fully saturated rings. The van der Waals surface area contributed by atoms with Crippen LogP contribution < -0.4 is 0 Å². The molecule has 0 atom stereocenters. The van der Waals surface area contributed by atoms with Crippen molar-refractivity contribution in [2.75, 3.05) is 0 Å². The Kier molecular flexibility index (Phi) is 154. The van der Waals surface area contributed by atoms with Gasteiger partial charge >= 0.3 is 0 Å². The Hall–Kier alpha value is 0.0900. The van der Waals surface area contributed by atoms with Gasteiger partial charge in [-0.05, 0) is 5.87 Å². The van der Waals surface area contributed by atoms with Gasteiger partial charge in [-0.1, -0.05) is 185 Å². The third kappa shape index (κ3) is 161. The molecule has 0 nitrogen and oxygen atoms in total. The van der Waals surface area contributed by atoms with Crippen LogP contribution in [0.15, 0.2) is 0 Å². The second-order valence-electron chi connectivity index (χ2n) is 6.18. The first-order valence-electron chi connectivity index (χ1n) is 12.9. The van der Waals surface area contributed by atoms with Crippen LogP contribution in [0.4, 0.5) is 0 Å². The highest BCUT2D eigenvalue weighted by Gasteiger charge is 1.83. The molecule has 0 unspecified atom stereocenters. The Balaban J connectivity index is -0.0000000402. The molecule has 0 aliphatic rings. The lowest BCUT2D eigenvalue weighted by Crippen LogP contribution is -1.73. The summed E-state index contributed by atoms with van der Waals surface area (Å²) >= 11 is 3.83. The van der Waals surface area contributed by atoms with E-state index in [4.69, 9.17) is 0 Å². The third-order valence-corrected chi connectivity index (χ3v) is 3.16. The van der Waals surface area contributed by atoms with Crippen LogP contribution in [0.25, 0.3) is 0 Å². The Labute approximate surface area is 191 Å². The Morgan fingerprint density at radius 1 is 0.357 bits per heavy atom. The van der Waals surface area contributed by atoms with Crippen molar-refractivity contribution in [2.24, 2.45) is 0 Å². The summed E-state index contributed by atoms with van der Waals surface area (Å²) in [5.41, 5.74) is 0. The van der Waals surface area contributed by atoms with Gasteiger partial charge in [0.05, 0.1) is 0 Å². The van der Waals surface area contributed by atoms with Gasteiger partial charge in [-0.2, -0.15) is 0 Å². The summed E-state index contributed by atoms with van der Waals surface area (Å²) in [6.07, 6.45) is 19.4. The summed E-state index contributed by atoms with van der Waals surface area (Å²) in [5, 5.41) is 0. The van der Waals surface area contributed by atoms with Crippen LogP contribution in [0, 0.1) is 0 Å². The molecule has 0 N–H and O–H groups in total. The van der Waals surface area contributed by atoms with E-state index in [9.17, 15) is 0 Å². The van der Waals surface area contributed by atoms with Gasteiger partial charge in [0.25, 0.3) is 0 Å². The van der Waals surface area contributed by atoms with E-state index in [-0.39, 0.29) is 0 Å². The maximum atomic E-state index is 3.83. The Morgan fingerprint density at radius 3 is 0.607 bits per heavy atom. The van der Waals surface area contributed by atoms with Gasteiger partial charge in [-0.25, -0.2) is 0 Å². The first-order chi connectivity index (χ1) is 13.7. The second-order valence-corrected chi connectivity index (χ2v) is 6.18. The highest BCUT2D eigenvalue weighted by Crippen LogP contribution is 2.03. The first-order valence-corrected chi connectivity index (χ1v) is 13.5. The standard InChI is InChI=1S/C8H18.C7H16.C4H10.C3H8.2C2H6.CH2S/c1-3-5-7-8-6-4-2;1-3-5-7-6-4-2;1-3-4-2;1-3-2;3*1-2/h3-8H2,1-2H3;3-7H2,1-2H3;3-4H2,1-2H3;3H2,1-2H3;2*1-2H3;1H2. The minimum absolute atomic E-state index is 1.25. The lowest BCUT2D eigenvalue weighted by Gasteiger charge is -1.93. The predicted molar refractivity (Wildman–Crippen MR) is 147 cm³/mol. The summed E-state index contributed by atoms with van der Waals surface area (Å²) in [6.45, 7) is 25.6. The first kappa shape index (κ1) is 46.3. The van der Waals surface area contributed by atoms with Gasteiger partial charge in [-0.3, -0.25) is 0 Å². The van der Waals surface area contributed by atoms with E-state index >= 15 is 0 Å². The maximum absolute atomic E-state index is 3.83. The van der Waals surface area contributed by atoms with Crippen molar-refractivity contribution in [3.8, 4) is 0 Å². The number of hydrogen-bond donors (Lipinski definition) is 0. The lowest BCUT2D eigenvalue weighted by atomic mass is 10.1. The lowest BCUT2D eigenvalue weighted by molar-refractivity contribution is 0.624. The summed E-state index contributed by atoms with van der Waals surface area (Å²) in [7, 11) is 0. The second kappa shape index (κ2) is 92.9. The van der Waals surface area contributed by atoms with Crippen LogP contribution in [0.3, 0.4) is 0 Å². The summed E-state index contributed by atoms with van der Waals surface area (Å²) in [5.74, 6) is 2.83. The van der Waals surface area contributed by atoms with Crippen LogP contribution in [0.5, 0.6) is 0 Å². The zero-order chi connectivity index (χ0) is 23.9. The normalized spacial score (nSPS) is 7.43. The zero-order valence-electron chi connectivity index (χ0n) is 23.0. The van der Waals surface area contributed by atoms with Gasteiger partial charge in [0.15, 0.2) is 0 Å².